The van der Waals surface area contributed by atoms with Crippen LogP contribution in [0.2, 0.25) is 0 Å². The predicted molar refractivity (Wildman–Crippen MR) is 62.9 cm³/mol. The molecule has 2 nitrogen and oxygen atoms in total. The topological polar surface area (TPSA) is 18.5 Å². The molecule has 0 bridgehead atoms. The summed E-state index contributed by atoms with van der Waals surface area (Å²) in [6.45, 7) is 8.69. The Hall–Kier alpha value is -0.0800. The van der Waals surface area contributed by atoms with Crippen molar-refractivity contribution in [3.05, 3.63) is 0 Å². The number of unbranched alkanes of at least 4 members (excludes halogenated alkanes) is 3. The maximum atomic E-state index is 5.90. The summed E-state index contributed by atoms with van der Waals surface area (Å²) in [6, 6.07) is 0. The van der Waals surface area contributed by atoms with Crippen LogP contribution in [0.15, 0.2) is 0 Å². The van der Waals surface area contributed by atoms with Crippen LogP contribution in [0.1, 0.15) is 66.2 Å². The molecule has 0 amide bonds. The highest BCUT2D eigenvalue weighted by atomic mass is 16.7. The fourth-order valence-electron chi connectivity index (χ4n) is 2.30. The van der Waals surface area contributed by atoms with Crippen molar-refractivity contribution >= 4 is 0 Å². The molecule has 2 unspecified atom stereocenters. The van der Waals surface area contributed by atoms with E-state index in [0.717, 1.165) is 12.8 Å². The van der Waals surface area contributed by atoms with Crippen LogP contribution in [-0.4, -0.2) is 18.0 Å². The van der Waals surface area contributed by atoms with Crippen LogP contribution in [0, 0.1) is 0 Å². The van der Waals surface area contributed by atoms with Gasteiger partial charge in [0.15, 0.2) is 6.29 Å². The Morgan fingerprint density at radius 3 is 2.53 bits per heavy atom. The Balaban J connectivity index is 2.23. The molecule has 1 rings (SSSR count). The zero-order valence-corrected chi connectivity index (χ0v) is 10.7. The summed E-state index contributed by atoms with van der Waals surface area (Å²) < 4.78 is 11.7. The quantitative estimate of drug-likeness (QED) is 0.646. The summed E-state index contributed by atoms with van der Waals surface area (Å²) in [4.78, 5) is 0. The Labute approximate surface area is 94.3 Å². The minimum Gasteiger partial charge on any atom is -0.350 e. The van der Waals surface area contributed by atoms with Gasteiger partial charge in [-0.1, -0.05) is 26.2 Å². The molecule has 1 fully saturated rings. The van der Waals surface area contributed by atoms with Crippen LogP contribution in [0.5, 0.6) is 0 Å². The normalized spacial score (nSPS) is 30.4. The van der Waals surface area contributed by atoms with E-state index in [1.165, 1.54) is 25.7 Å². The number of rotatable bonds is 5. The van der Waals surface area contributed by atoms with E-state index in [1.54, 1.807) is 0 Å². The van der Waals surface area contributed by atoms with E-state index in [-0.39, 0.29) is 11.9 Å². The lowest BCUT2D eigenvalue weighted by Crippen LogP contribution is -2.42. The maximum absolute atomic E-state index is 5.90. The molecule has 0 aromatic rings. The van der Waals surface area contributed by atoms with E-state index < -0.39 is 0 Å². The summed E-state index contributed by atoms with van der Waals surface area (Å²) in [5.74, 6) is 0. The summed E-state index contributed by atoms with van der Waals surface area (Å²) in [5, 5.41) is 0. The highest BCUT2D eigenvalue weighted by molar-refractivity contribution is 4.77. The molecule has 1 heterocycles. The van der Waals surface area contributed by atoms with Crippen LogP contribution < -0.4 is 0 Å². The van der Waals surface area contributed by atoms with Gasteiger partial charge in [-0.05, 0) is 33.6 Å². The minimum atomic E-state index is -0.00686. The van der Waals surface area contributed by atoms with Crippen LogP contribution in [0.4, 0.5) is 0 Å². The second-order valence-electron chi connectivity index (χ2n) is 5.31. The van der Waals surface area contributed by atoms with Crippen LogP contribution in [-0.2, 0) is 9.47 Å². The number of ether oxygens (including phenoxy) is 2. The average Bonchev–Trinajstić information content (AvgIpc) is 2.09. The van der Waals surface area contributed by atoms with Crippen molar-refractivity contribution in [2.24, 2.45) is 0 Å². The number of hydrogen-bond donors (Lipinski definition) is 0. The summed E-state index contributed by atoms with van der Waals surface area (Å²) in [6.07, 6.45) is 7.55. The molecule has 0 aromatic carbocycles. The van der Waals surface area contributed by atoms with Gasteiger partial charge < -0.3 is 9.47 Å². The first-order valence-electron chi connectivity index (χ1n) is 6.37. The van der Waals surface area contributed by atoms with Crippen molar-refractivity contribution in [3.8, 4) is 0 Å². The standard InChI is InChI=1S/C13H26O2/c1-5-6-7-8-9-12-14-11(2)10-13(3,4)15-12/h11-12H,5-10H2,1-4H3. The molecule has 0 aliphatic carbocycles. The molecule has 2 atom stereocenters. The molecule has 1 saturated heterocycles. The first-order chi connectivity index (χ1) is 7.03. The molecule has 1 aliphatic heterocycles. The van der Waals surface area contributed by atoms with Gasteiger partial charge in [-0.15, -0.1) is 0 Å². The Morgan fingerprint density at radius 2 is 1.93 bits per heavy atom. The lowest BCUT2D eigenvalue weighted by Gasteiger charge is -2.39. The third-order valence-electron chi connectivity index (χ3n) is 2.91. The molecule has 90 valence electrons. The highest BCUT2D eigenvalue weighted by Gasteiger charge is 2.32. The third kappa shape index (κ3) is 4.98. The average molecular weight is 214 g/mol. The Kier molecular flexibility index (Phi) is 5.07. The van der Waals surface area contributed by atoms with E-state index in [2.05, 4.69) is 27.7 Å². The second kappa shape index (κ2) is 5.86. The van der Waals surface area contributed by atoms with Gasteiger partial charge in [0, 0.05) is 6.42 Å². The van der Waals surface area contributed by atoms with Gasteiger partial charge in [0.05, 0.1) is 11.7 Å². The molecular formula is C13H26O2. The van der Waals surface area contributed by atoms with Crippen molar-refractivity contribution < 1.29 is 9.47 Å². The van der Waals surface area contributed by atoms with Crippen LogP contribution in [0.3, 0.4) is 0 Å². The Morgan fingerprint density at radius 1 is 1.20 bits per heavy atom. The maximum Gasteiger partial charge on any atom is 0.158 e. The first-order valence-corrected chi connectivity index (χ1v) is 6.37. The van der Waals surface area contributed by atoms with Gasteiger partial charge in [-0.3, -0.25) is 0 Å². The van der Waals surface area contributed by atoms with Crippen molar-refractivity contribution in [1.29, 1.82) is 0 Å². The molecule has 15 heavy (non-hydrogen) atoms. The van der Waals surface area contributed by atoms with Gasteiger partial charge in [-0.25, -0.2) is 0 Å². The zero-order valence-electron chi connectivity index (χ0n) is 10.7. The molecule has 0 radical (unpaired) electrons. The molecule has 0 saturated carbocycles. The molecule has 0 N–H and O–H groups in total. The van der Waals surface area contributed by atoms with E-state index in [9.17, 15) is 0 Å². The van der Waals surface area contributed by atoms with Crippen molar-refractivity contribution in [2.45, 2.75) is 84.2 Å². The van der Waals surface area contributed by atoms with E-state index >= 15 is 0 Å². The molecule has 1 aliphatic rings. The summed E-state index contributed by atoms with van der Waals surface area (Å²) >= 11 is 0. The molecule has 0 aromatic heterocycles. The SMILES string of the molecule is CCCCCCC1OC(C)CC(C)(C)O1. The van der Waals surface area contributed by atoms with Gasteiger partial charge in [0.1, 0.15) is 0 Å². The monoisotopic (exact) mass is 214 g/mol. The molecule has 2 heteroatoms. The second-order valence-corrected chi connectivity index (χ2v) is 5.31. The molecule has 0 spiro atoms. The van der Waals surface area contributed by atoms with Crippen molar-refractivity contribution in [3.63, 3.8) is 0 Å². The smallest absolute Gasteiger partial charge is 0.158 e. The third-order valence-corrected chi connectivity index (χ3v) is 2.91. The van der Waals surface area contributed by atoms with E-state index in [0.29, 0.717) is 6.10 Å². The Bertz CT molecular complexity index is 177. The highest BCUT2D eigenvalue weighted by Crippen LogP contribution is 2.29. The van der Waals surface area contributed by atoms with Gasteiger partial charge in [0.25, 0.3) is 0 Å². The van der Waals surface area contributed by atoms with Gasteiger partial charge in [0.2, 0.25) is 0 Å². The van der Waals surface area contributed by atoms with Crippen molar-refractivity contribution in [2.75, 3.05) is 0 Å². The van der Waals surface area contributed by atoms with Gasteiger partial charge >= 0.3 is 0 Å². The van der Waals surface area contributed by atoms with Crippen LogP contribution in [0.25, 0.3) is 0 Å². The lowest BCUT2D eigenvalue weighted by molar-refractivity contribution is -0.270. The summed E-state index contributed by atoms with van der Waals surface area (Å²) in [7, 11) is 0. The lowest BCUT2D eigenvalue weighted by atomic mass is 9.99. The largest absolute Gasteiger partial charge is 0.350 e. The summed E-state index contributed by atoms with van der Waals surface area (Å²) in [5.41, 5.74) is -0.00686. The first kappa shape index (κ1) is 13.0. The van der Waals surface area contributed by atoms with Crippen molar-refractivity contribution in [1.82, 2.24) is 0 Å². The fourth-order valence-corrected chi connectivity index (χ4v) is 2.30. The zero-order chi connectivity index (χ0) is 11.3. The minimum absolute atomic E-state index is 0.00686. The van der Waals surface area contributed by atoms with E-state index in [4.69, 9.17) is 9.47 Å². The van der Waals surface area contributed by atoms with E-state index in [1.807, 2.05) is 0 Å². The predicted octanol–water partition coefficient (Wildman–Crippen LogP) is 3.89. The molecular weight excluding hydrogens is 188 g/mol. The van der Waals surface area contributed by atoms with Crippen LogP contribution >= 0.6 is 0 Å². The fraction of sp³-hybridized carbons (Fsp3) is 1.00. The van der Waals surface area contributed by atoms with Gasteiger partial charge in [-0.2, -0.15) is 0 Å². The number of hydrogen-bond acceptors (Lipinski definition) is 2.